The topological polar surface area (TPSA) is 77.9 Å². The summed E-state index contributed by atoms with van der Waals surface area (Å²) in [7, 11) is 0. The van der Waals surface area contributed by atoms with Gasteiger partial charge in [-0.05, 0) is 18.6 Å². The minimum absolute atomic E-state index is 0.0440. The van der Waals surface area contributed by atoms with Gasteiger partial charge in [-0.15, -0.1) is 0 Å². The summed E-state index contributed by atoms with van der Waals surface area (Å²) in [5.74, 6) is -2.06. The summed E-state index contributed by atoms with van der Waals surface area (Å²) in [5, 5.41) is 9.02. The number of amides is 2. The van der Waals surface area contributed by atoms with Gasteiger partial charge in [0.15, 0.2) is 4.87 Å². The highest BCUT2D eigenvalue weighted by atomic mass is 32.2. The minimum atomic E-state index is -2.41. The zero-order chi connectivity index (χ0) is 17.1. The van der Waals surface area contributed by atoms with Crippen molar-refractivity contribution in [2.24, 2.45) is 0 Å². The Morgan fingerprint density at radius 1 is 1.25 bits per heavy atom. The van der Waals surface area contributed by atoms with E-state index in [-0.39, 0.29) is 31.2 Å². The summed E-state index contributed by atoms with van der Waals surface area (Å²) in [6, 6.07) is 7.28. The number of fused-ring (bicyclic) bond motifs is 3. The van der Waals surface area contributed by atoms with Crippen LogP contribution in [-0.4, -0.2) is 51.4 Å². The van der Waals surface area contributed by atoms with Crippen LogP contribution in [0.25, 0.3) is 0 Å². The number of rotatable bonds is 2. The van der Waals surface area contributed by atoms with Crippen LogP contribution >= 0.6 is 11.8 Å². The van der Waals surface area contributed by atoms with Crippen LogP contribution in [0.4, 0.5) is 10.1 Å². The van der Waals surface area contributed by atoms with Gasteiger partial charge in [0.25, 0.3) is 5.91 Å². The van der Waals surface area contributed by atoms with Crippen molar-refractivity contribution in [3.05, 3.63) is 24.3 Å². The number of alkyl halides is 1. The quantitative estimate of drug-likeness (QED) is 0.877. The number of hydrogen-bond donors (Lipinski definition) is 1. The molecule has 1 aromatic carbocycles. The summed E-state index contributed by atoms with van der Waals surface area (Å²) < 4.78 is 14.3. The Morgan fingerprint density at radius 3 is 2.71 bits per heavy atom. The Bertz CT molecular complexity index is 772. The first-order chi connectivity index (χ1) is 11.4. The van der Waals surface area contributed by atoms with Gasteiger partial charge in [-0.2, -0.15) is 0 Å². The first kappa shape index (κ1) is 15.4. The van der Waals surface area contributed by atoms with Gasteiger partial charge in [0, 0.05) is 24.3 Å². The number of para-hydroxylation sites is 1. The summed E-state index contributed by atoms with van der Waals surface area (Å²) >= 11 is 1.31. The molecule has 2 atom stereocenters. The summed E-state index contributed by atoms with van der Waals surface area (Å²) in [6.07, 6.45) is 0.364. The summed E-state index contributed by atoms with van der Waals surface area (Å²) in [4.78, 5) is 39.1. The van der Waals surface area contributed by atoms with Crippen LogP contribution in [0, 0.1) is 0 Å². The monoisotopic (exact) mass is 350 g/mol. The molecule has 8 heteroatoms. The van der Waals surface area contributed by atoms with E-state index < -0.39 is 23.1 Å². The van der Waals surface area contributed by atoms with Crippen molar-refractivity contribution in [3.8, 4) is 0 Å². The van der Waals surface area contributed by atoms with Crippen LogP contribution in [0.3, 0.4) is 0 Å². The number of hydrogen-bond acceptors (Lipinski definition) is 4. The van der Waals surface area contributed by atoms with Crippen LogP contribution < -0.4 is 4.90 Å². The van der Waals surface area contributed by atoms with Gasteiger partial charge in [0.1, 0.15) is 0 Å². The second-order valence-corrected chi connectivity index (χ2v) is 7.65. The number of carbonyl (C=O) groups excluding carboxylic acids is 2. The molecule has 6 nitrogen and oxygen atoms in total. The molecule has 3 aliphatic heterocycles. The Kier molecular flexibility index (Phi) is 3.19. The highest BCUT2D eigenvalue weighted by Gasteiger charge is 2.60. The normalized spacial score (nSPS) is 31.3. The van der Waals surface area contributed by atoms with Crippen molar-refractivity contribution >= 4 is 35.2 Å². The molecule has 1 aromatic rings. The molecular weight excluding hydrogens is 335 g/mol. The number of aliphatic carboxylic acids is 1. The molecular formula is C16H15FN2O4S. The third kappa shape index (κ3) is 1.92. The van der Waals surface area contributed by atoms with E-state index in [9.17, 15) is 18.8 Å². The SMILES string of the molecule is O=C1CCC2(C(=O)N3CCC(F)(C(=O)O)C3)Sc3ccccc3N12. The molecule has 2 fully saturated rings. The van der Waals surface area contributed by atoms with E-state index in [0.29, 0.717) is 12.1 Å². The maximum atomic E-state index is 14.3. The molecule has 0 aliphatic carbocycles. The highest BCUT2D eigenvalue weighted by Crippen LogP contribution is 2.56. The van der Waals surface area contributed by atoms with E-state index in [1.54, 1.807) is 12.1 Å². The predicted octanol–water partition coefficient (Wildman–Crippen LogP) is 1.64. The first-order valence-corrected chi connectivity index (χ1v) is 8.52. The number of likely N-dealkylation sites (tertiary alicyclic amines) is 1. The second kappa shape index (κ2) is 4.95. The van der Waals surface area contributed by atoms with Crippen molar-refractivity contribution in [2.75, 3.05) is 18.0 Å². The van der Waals surface area contributed by atoms with Crippen LogP contribution in [-0.2, 0) is 14.4 Å². The van der Waals surface area contributed by atoms with E-state index >= 15 is 0 Å². The first-order valence-electron chi connectivity index (χ1n) is 7.70. The maximum absolute atomic E-state index is 14.3. The smallest absolute Gasteiger partial charge is 0.343 e. The number of nitrogens with zero attached hydrogens (tertiary/aromatic N) is 2. The third-order valence-corrected chi connectivity index (χ3v) is 6.36. The van der Waals surface area contributed by atoms with Crippen LogP contribution in [0.1, 0.15) is 19.3 Å². The lowest BCUT2D eigenvalue weighted by Gasteiger charge is -2.33. The fourth-order valence-electron chi connectivity index (χ4n) is 3.65. The number of carboxylic acid groups (broad SMARTS) is 1. The van der Waals surface area contributed by atoms with Gasteiger partial charge in [0.2, 0.25) is 11.6 Å². The van der Waals surface area contributed by atoms with E-state index in [2.05, 4.69) is 0 Å². The average molecular weight is 350 g/mol. The van der Waals surface area contributed by atoms with Crippen molar-refractivity contribution in [2.45, 2.75) is 34.7 Å². The van der Waals surface area contributed by atoms with E-state index in [1.807, 2.05) is 12.1 Å². The summed E-state index contributed by atoms with van der Waals surface area (Å²) in [5.41, 5.74) is -1.71. The van der Waals surface area contributed by atoms with E-state index in [0.717, 1.165) is 4.90 Å². The molecule has 0 aromatic heterocycles. The lowest BCUT2D eigenvalue weighted by Crippen LogP contribution is -2.54. The Balaban J connectivity index is 1.68. The molecule has 3 heterocycles. The third-order valence-electron chi connectivity index (χ3n) is 4.90. The minimum Gasteiger partial charge on any atom is -0.479 e. The number of carbonyl (C=O) groups is 3. The molecule has 0 radical (unpaired) electrons. The molecule has 2 unspecified atom stereocenters. The van der Waals surface area contributed by atoms with Gasteiger partial charge in [0.05, 0.1) is 12.2 Å². The molecule has 126 valence electrons. The van der Waals surface area contributed by atoms with Crippen molar-refractivity contribution < 1.29 is 23.9 Å². The molecule has 0 saturated carbocycles. The lowest BCUT2D eigenvalue weighted by atomic mass is 10.1. The molecule has 2 amide bonds. The second-order valence-electron chi connectivity index (χ2n) is 6.33. The molecule has 1 N–H and O–H groups in total. The predicted molar refractivity (Wildman–Crippen MR) is 84.4 cm³/mol. The molecule has 24 heavy (non-hydrogen) atoms. The fourth-order valence-corrected chi connectivity index (χ4v) is 5.14. The lowest BCUT2D eigenvalue weighted by molar-refractivity contribution is -0.150. The number of thioether (sulfide) groups is 1. The zero-order valence-electron chi connectivity index (χ0n) is 12.7. The van der Waals surface area contributed by atoms with Crippen LogP contribution in [0.5, 0.6) is 0 Å². The van der Waals surface area contributed by atoms with Gasteiger partial charge in [-0.3, -0.25) is 14.5 Å². The van der Waals surface area contributed by atoms with Crippen LogP contribution in [0.2, 0.25) is 0 Å². The van der Waals surface area contributed by atoms with Gasteiger partial charge in [-0.25, -0.2) is 9.18 Å². The highest BCUT2D eigenvalue weighted by molar-refractivity contribution is 8.02. The number of benzene rings is 1. The molecule has 2 saturated heterocycles. The molecule has 4 rings (SSSR count). The van der Waals surface area contributed by atoms with Gasteiger partial charge in [-0.1, -0.05) is 23.9 Å². The van der Waals surface area contributed by atoms with Crippen molar-refractivity contribution in [1.29, 1.82) is 0 Å². The molecule has 3 aliphatic rings. The Morgan fingerprint density at radius 2 is 2.00 bits per heavy atom. The van der Waals surface area contributed by atoms with Gasteiger partial charge < -0.3 is 10.0 Å². The van der Waals surface area contributed by atoms with Crippen molar-refractivity contribution in [3.63, 3.8) is 0 Å². The number of carboxylic acids is 1. The number of anilines is 1. The van der Waals surface area contributed by atoms with Crippen LogP contribution in [0.15, 0.2) is 29.2 Å². The maximum Gasteiger partial charge on any atom is 0.343 e. The van der Waals surface area contributed by atoms with Gasteiger partial charge >= 0.3 is 5.97 Å². The summed E-state index contributed by atoms with van der Waals surface area (Å²) in [6.45, 7) is -0.426. The fraction of sp³-hybridized carbons (Fsp3) is 0.438. The van der Waals surface area contributed by atoms with Crippen molar-refractivity contribution in [1.82, 2.24) is 4.90 Å². The Hall–Kier alpha value is -2.09. The molecule has 0 bridgehead atoms. The molecule has 0 spiro atoms. The largest absolute Gasteiger partial charge is 0.479 e. The Labute approximate surface area is 141 Å². The number of halogens is 1. The standard InChI is InChI=1S/C16H15FN2O4S/c17-15(14(22)23)7-8-18(9-15)13(21)16-6-5-12(20)19(16)10-3-1-2-4-11(10)24-16/h1-4H,5-9H2,(H,22,23). The zero-order valence-corrected chi connectivity index (χ0v) is 13.5. The van der Waals surface area contributed by atoms with E-state index in [1.165, 1.54) is 21.6 Å². The van der Waals surface area contributed by atoms with E-state index in [4.69, 9.17) is 5.11 Å². The average Bonchev–Trinajstić information content (AvgIpc) is 3.20.